The van der Waals surface area contributed by atoms with Crippen LogP contribution in [0.15, 0.2) is 30.5 Å². The van der Waals surface area contributed by atoms with Crippen molar-refractivity contribution in [2.24, 2.45) is 5.41 Å². The molecule has 0 saturated carbocycles. The van der Waals surface area contributed by atoms with E-state index in [-0.39, 0.29) is 11.3 Å². The van der Waals surface area contributed by atoms with E-state index in [9.17, 15) is 4.79 Å². The molecule has 0 spiro atoms. The molecule has 0 unspecified atom stereocenters. The van der Waals surface area contributed by atoms with Gasteiger partial charge in [0, 0.05) is 42.6 Å². The lowest BCUT2D eigenvalue weighted by Gasteiger charge is -2.36. The van der Waals surface area contributed by atoms with Crippen molar-refractivity contribution in [2.75, 3.05) is 37.6 Å². The third-order valence-corrected chi connectivity index (χ3v) is 4.79. The summed E-state index contributed by atoms with van der Waals surface area (Å²) in [5, 5.41) is 3.97. The maximum absolute atomic E-state index is 12.4. The van der Waals surface area contributed by atoms with Crippen LogP contribution in [0.3, 0.4) is 0 Å². The van der Waals surface area contributed by atoms with Crippen molar-refractivity contribution in [3.05, 3.63) is 41.1 Å². The van der Waals surface area contributed by atoms with Crippen molar-refractivity contribution in [3.8, 4) is 0 Å². The van der Waals surface area contributed by atoms with Gasteiger partial charge < -0.3 is 15.1 Å². The van der Waals surface area contributed by atoms with Crippen LogP contribution in [0.5, 0.6) is 0 Å². The first kappa shape index (κ1) is 19.6. The summed E-state index contributed by atoms with van der Waals surface area (Å²) in [6.07, 6.45) is 0.863. The Bertz CT molecular complexity index is 628. The van der Waals surface area contributed by atoms with Gasteiger partial charge in [0.05, 0.1) is 6.54 Å². The van der Waals surface area contributed by atoms with Gasteiger partial charge in [0.15, 0.2) is 0 Å². The Balaban J connectivity index is 1.80. The van der Waals surface area contributed by atoms with Crippen LogP contribution in [-0.2, 0) is 4.79 Å². The molecule has 0 atom stereocenters. The number of nitrogens with one attached hydrogen (secondary N) is 1. The van der Waals surface area contributed by atoms with Gasteiger partial charge in [0.1, 0.15) is 0 Å². The third kappa shape index (κ3) is 5.96. The highest BCUT2D eigenvalue weighted by atomic mass is 35.5. The van der Waals surface area contributed by atoms with Gasteiger partial charge in [-0.05, 0) is 36.5 Å². The zero-order chi connectivity index (χ0) is 18.6. The number of hydrogen-bond acceptors (Lipinski definition) is 3. The second kappa shape index (κ2) is 8.13. The smallest absolute Gasteiger partial charge is 0.241 e. The number of nitrogens with zero attached hydrogens (tertiary/aromatic N) is 2. The van der Waals surface area contributed by atoms with Crippen molar-refractivity contribution in [1.29, 1.82) is 0 Å². The molecule has 0 radical (unpaired) electrons. The number of rotatable bonds is 5. The summed E-state index contributed by atoms with van der Waals surface area (Å²) in [7, 11) is 0. The lowest BCUT2D eigenvalue weighted by Crippen LogP contribution is -2.50. The van der Waals surface area contributed by atoms with E-state index in [1.165, 1.54) is 0 Å². The van der Waals surface area contributed by atoms with Gasteiger partial charge in [-0.1, -0.05) is 45.0 Å². The fourth-order valence-corrected chi connectivity index (χ4v) is 3.18. The summed E-state index contributed by atoms with van der Waals surface area (Å²) in [4.78, 5) is 16.6. The van der Waals surface area contributed by atoms with E-state index >= 15 is 0 Å². The van der Waals surface area contributed by atoms with Crippen LogP contribution < -0.4 is 10.2 Å². The standard InChI is InChI=1S/C20H30ClN3O/c1-15-6-7-17(12-18(15)21)23-8-10-24(11-9-23)19(25)14-22-16(2)13-20(3,4)5/h6-7,12,22H,2,8-11,13-14H2,1,3-5H3. The van der Waals surface area contributed by atoms with Gasteiger partial charge in [0.2, 0.25) is 5.91 Å². The van der Waals surface area contributed by atoms with E-state index in [1.807, 2.05) is 24.0 Å². The highest BCUT2D eigenvalue weighted by Crippen LogP contribution is 2.24. The van der Waals surface area contributed by atoms with Gasteiger partial charge in [-0.2, -0.15) is 0 Å². The number of hydrogen-bond donors (Lipinski definition) is 1. The molecule has 1 aliphatic heterocycles. The number of piperazine rings is 1. The number of carbonyl (C=O) groups is 1. The van der Waals surface area contributed by atoms with Gasteiger partial charge in [-0.25, -0.2) is 0 Å². The molecule has 4 nitrogen and oxygen atoms in total. The number of carbonyl (C=O) groups excluding carboxylic acids is 1. The van der Waals surface area contributed by atoms with Crippen molar-refractivity contribution in [2.45, 2.75) is 34.1 Å². The predicted octanol–water partition coefficient (Wildman–Crippen LogP) is 3.84. The van der Waals surface area contributed by atoms with Crippen LogP contribution >= 0.6 is 11.6 Å². The molecule has 1 amide bonds. The zero-order valence-corrected chi connectivity index (χ0v) is 16.6. The van der Waals surface area contributed by atoms with Crippen LogP contribution in [0.25, 0.3) is 0 Å². The Morgan fingerprint density at radius 3 is 2.44 bits per heavy atom. The van der Waals surface area contributed by atoms with E-state index < -0.39 is 0 Å². The minimum Gasteiger partial charge on any atom is -0.380 e. The quantitative estimate of drug-likeness (QED) is 0.863. The lowest BCUT2D eigenvalue weighted by atomic mass is 9.91. The molecule has 0 bridgehead atoms. The molecule has 2 rings (SSSR count). The second-order valence-electron chi connectivity index (χ2n) is 8.00. The number of amides is 1. The monoisotopic (exact) mass is 363 g/mol. The molecule has 138 valence electrons. The number of anilines is 1. The van der Waals surface area contributed by atoms with E-state index in [4.69, 9.17) is 11.6 Å². The van der Waals surface area contributed by atoms with Crippen molar-refractivity contribution >= 4 is 23.2 Å². The van der Waals surface area contributed by atoms with Gasteiger partial charge in [0.25, 0.3) is 0 Å². The van der Waals surface area contributed by atoms with E-state index in [0.29, 0.717) is 6.54 Å². The SMILES string of the molecule is C=C(CC(C)(C)C)NCC(=O)N1CCN(c2ccc(C)c(Cl)c2)CC1. The fraction of sp³-hybridized carbons (Fsp3) is 0.550. The van der Waals surface area contributed by atoms with Gasteiger partial charge >= 0.3 is 0 Å². The molecule has 25 heavy (non-hydrogen) atoms. The highest BCUT2D eigenvalue weighted by molar-refractivity contribution is 6.31. The first-order valence-corrected chi connectivity index (χ1v) is 9.24. The number of allylic oxidation sites excluding steroid dienone is 1. The number of aryl methyl sites for hydroxylation is 1. The minimum absolute atomic E-state index is 0.136. The highest BCUT2D eigenvalue weighted by Gasteiger charge is 2.22. The summed E-state index contributed by atoms with van der Waals surface area (Å²) in [6, 6.07) is 6.14. The Kier molecular flexibility index (Phi) is 6.39. The Morgan fingerprint density at radius 1 is 1.24 bits per heavy atom. The van der Waals surface area contributed by atoms with E-state index in [1.54, 1.807) is 0 Å². The average Bonchev–Trinajstić information content (AvgIpc) is 2.54. The Morgan fingerprint density at radius 2 is 1.88 bits per heavy atom. The second-order valence-corrected chi connectivity index (χ2v) is 8.40. The molecule has 1 aromatic rings. The molecule has 1 fully saturated rings. The topological polar surface area (TPSA) is 35.6 Å². The number of benzene rings is 1. The molecular formula is C20H30ClN3O. The van der Waals surface area contributed by atoms with Crippen LogP contribution in [0.1, 0.15) is 32.8 Å². The fourth-order valence-electron chi connectivity index (χ4n) is 3.01. The van der Waals surface area contributed by atoms with Crippen LogP contribution in [0.2, 0.25) is 5.02 Å². The van der Waals surface area contributed by atoms with Crippen LogP contribution in [0.4, 0.5) is 5.69 Å². The Hall–Kier alpha value is -1.68. The van der Waals surface area contributed by atoms with Gasteiger partial charge in [-0.15, -0.1) is 0 Å². The number of halogens is 1. The summed E-state index contributed by atoms with van der Waals surface area (Å²) in [5.41, 5.74) is 3.31. The predicted molar refractivity (Wildman–Crippen MR) is 106 cm³/mol. The first-order valence-electron chi connectivity index (χ1n) is 8.86. The minimum atomic E-state index is 0.136. The molecular weight excluding hydrogens is 334 g/mol. The molecule has 1 N–H and O–H groups in total. The summed E-state index contributed by atoms with van der Waals surface area (Å²) >= 11 is 6.22. The van der Waals surface area contributed by atoms with Crippen LogP contribution in [-0.4, -0.2) is 43.5 Å². The van der Waals surface area contributed by atoms with Crippen molar-refractivity contribution in [1.82, 2.24) is 10.2 Å². The molecule has 1 heterocycles. The third-order valence-electron chi connectivity index (χ3n) is 4.39. The summed E-state index contributed by atoms with van der Waals surface area (Å²) < 4.78 is 0. The maximum atomic E-state index is 12.4. The first-order chi connectivity index (χ1) is 11.7. The van der Waals surface area contributed by atoms with Crippen molar-refractivity contribution in [3.63, 3.8) is 0 Å². The van der Waals surface area contributed by atoms with Crippen LogP contribution in [0, 0.1) is 12.3 Å². The van der Waals surface area contributed by atoms with E-state index in [0.717, 1.165) is 54.6 Å². The molecule has 1 saturated heterocycles. The zero-order valence-electron chi connectivity index (χ0n) is 15.9. The van der Waals surface area contributed by atoms with E-state index in [2.05, 4.69) is 43.6 Å². The molecule has 1 aliphatic rings. The average molecular weight is 364 g/mol. The molecule has 0 aromatic heterocycles. The largest absolute Gasteiger partial charge is 0.380 e. The summed E-state index contributed by atoms with van der Waals surface area (Å²) in [5.74, 6) is 0.136. The Labute approximate surface area is 156 Å². The summed E-state index contributed by atoms with van der Waals surface area (Å²) in [6.45, 7) is 16.0. The van der Waals surface area contributed by atoms with Crippen molar-refractivity contribution < 1.29 is 4.79 Å². The normalized spacial score (nSPS) is 15.2. The molecule has 0 aliphatic carbocycles. The lowest BCUT2D eigenvalue weighted by molar-refractivity contribution is -0.130. The maximum Gasteiger partial charge on any atom is 0.241 e. The molecule has 5 heteroatoms. The van der Waals surface area contributed by atoms with Gasteiger partial charge in [-0.3, -0.25) is 4.79 Å². The molecule has 1 aromatic carbocycles.